The first kappa shape index (κ1) is 34.6. The van der Waals surface area contributed by atoms with Gasteiger partial charge in [-0.3, -0.25) is 4.79 Å². The summed E-state index contributed by atoms with van der Waals surface area (Å²) in [6.07, 6.45) is -4.04. The minimum atomic E-state index is -5.05. The van der Waals surface area contributed by atoms with Crippen LogP contribution in [0.1, 0.15) is 48.9 Å². The SMILES string of the molecule is CN(C[C@H](O)CNC(C)(C)CC1Cc2ccccc2C1)S(=O)(=O)c1ccc(-c2ccc(F)c(CCC(=O)O)c2)cc1C(F)(F)F. The quantitative estimate of drug-likeness (QED) is 0.206. The number of halogens is 4. The molecule has 244 valence electrons. The van der Waals surface area contributed by atoms with Gasteiger partial charge in [0.1, 0.15) is 5.82 Å². The van der Waals surface area contributed by atoms with Crippen molar-refractivity contribution in [3.63, 3.8) is 0 Å². The lowest BCUT2D eigenvalue weighted by atomic mass is 9.88. The normalized spacial score (nSPS) is 15.0. The van der Waals surface area contributed by atoms with Gasteiger partial charge in [0.15, 0.2) is 0 Å². The number of hydrogen-bond acceptors (Lipinski definition) is 5. The Kier molecular flexibility index (Phi) is 10.4. The lowest BCUT2D eigenvalue weighted by Crippen LogP contribution is -2.47. The Balaban J connectivity index is 1.45. The van der Waals surface area contributed by atoms with Crippen molar-refractivity contribution in [2.75, 3.05) is 20.1 Å². The van der Waals surface area contributed by atoms with Gasteiger partial charge in [-0.1, -0.05) is 36.4 Å². The number of aryl methyl sites for hydroxylation is 1. The van der Waals surface area contributed by atoms with Gasteiger partial charge in [0, 0.05) is 32.1 Å². The number of carbonyl (C=O) groups is 1. The number of β-amino-alcohol motifs (C(OH)–C–C–N with tert-alkyl or cyclic N) is 1. The molecule has 0 saturated heterocycles. The maximum Gasteiger partial charge on any atom is 0.417 e. The lowest BCUT2D eigenvalue weighted by Gasteiger charge is -2.31. The number of benzene rings is 3. The summed E-state index contributed by atoms with van der Waals surface area (Å²) in [5.74, 6) is -1.43. The zero-order valence-electron chi connectivity index (χ0n) is 25.4. The number of sulfonamides is 1. The molecule has 0 fully saturated rings. The molecular weight excluding hydrogens is 612 g/mol. The summed E-state index contributed by atoms with van der Waals surface area (Å²) in [5, 5.41) is 22.9. The number of nitrogens with zero attached hydrogens (tertiary/aromatic N) is 1. The zero-order chi connectivity index (χ0) is 33.2. The molecule has 0 unspecified atom stereocenters. The Morgan fingerprint density at radius 1 is 1.02 bits per heavy atom. The molecule has 0 radical (unpaired) electrons. The molecule has 0 aliphatic heterocycles. The van der Waals surface area contributed by atoms with Gasteiger partial charge in [0.05, 0.1) is 16.6 Å². The first-order valence-corrected chi connectivity index (χ1v) is 16.1. The Labute approximate surface area is 260 Å². The van der Waals surface area contributed by atoms with Crippen molar-refractivity contribution in [2.45, 2.75) is 68.7 Å². The summed E-state index contributed by atoms with van der Waals surface area (Å²) >= 11 is 0. The average Bonchev–Trinajstić information content (AvgIpc) is 3.36. The molecule has 1 aliphatic rings. The standard InChI is InChI=1S/C33H38F4N2O5S/c1-32(2,18-21-14-22-6-4-5-7-23(22)15-21)38-19-27(40)20-39(3)45(43,44)30-12-9-25(17-28(30)33(35,36)37)24-8-11-29(34)26(16-24)10-13-31(41)42/h4-9,11-12,16-17,21,27,38,40H,10,13-15,18-20H2,1-3H3,(H,41,42)/t27-/m1/s1. The van der Waals surface area contributed by atoms with Gasteiger partial charge in [0.2, 0.25) is 10.0 Å². The number of fused-ring (bicyclic) bond motifs is 1. The molecule has 0 bridgehead atoms. The van der Waals surface area contributed by atoms with E-state index in [-0.39, 0.29) is 41.6 Å². The topological polar surface area (TPSA) is 107 Å². The fourth-order valence-corrected chi connectivity index (χ4v) is 7.35. The largest absolute Gasteiger partial charge is 0.481 e. The van der Waals surface area contributed by atoms with Gasteiger partial charge in [-0.25, -0.2) is 12.8 Å². The van der Waals surface area contributed by atoms with Crippen LogP contribution in [0, 0.1) is 11.7 Å². The number of hydrogen-bond donors (Lipinski definition) is 3. The highest BCUT2D eigenvalue weighted by atomic mass is 32.2. The highest BCUT2D eigenvalue weighted by Crippen LogP contribution is 2.38. The predicted octanol–water partition coefficient (Wildman–Crippen LogP) is 5.68. The number of nitrogens with one attached hydrogen (secondary N) is 1. The average molecular weight is 651 g/mol. The molecule has 4 rings (SSSR count). The van der Waals surface area contributed by atoms with Crippen LogP contribution in [-0.2, 0) is 40.3 Å². The molecule has 3 aromatic carbocycles. The monoisotopic (exact) mass is 650 g/mol. The molecule has 7 nitrogen and oxygen atoms in total. The van der Waals surface area contributed by atoms with E-state index in [1.54, 1.807) is 0 Å². The van der Waals surface area contributed by atoms with E-state index in [9.17, 15) is 35.9 Å². The predicted molar refractivity (Wildman–Crippen MR) is 163 cm³/mol. The molecule has 3 N–H and O–H groups in total. The Morgan fingerprint density at radius 2 is 1.62 bits per heavy atom. The second-order valence-electron chi connectivity index (χ2n) is 12.4. The molecular formula is C33H38F4N2O5S. The minimum absolute atomic E-state index is 0.0130. The first-order chi connectivity index (χ1) is 21.0. The lowest BCUT2D eigenvalue weighted by molar-refractivity contribution is -0.140. The van der Waals surface area contributed by atoms with Gasteiger partial charge in [0.25, 0.3) is 0 Å². The van der Waals surface area contributed by atoms with Crippen molar-refractivity contribution in [1.82, 2.24) is 9.62 Å². The molecule has 1 aliphatic carbocycles. The van der Waals surface area contributed by atoms with Crippen LogP contribution in [0.4, 0.5) is 17.6 Å². The van der Waals surface area contributed by atoms with Crippen LogP contribution in [0.15, 0.2) is 65.6 Å². The van der Waals surface area contributed by atoms with Crippen molar-refractivity contribution < 1.29 is 41.0 Å². The van der Waals surface area contributed by atoms with Crippen molar-refractivity contribution >= 4 is 16.0 Å². The van der Waals surface area contributed by atoms with Crippen molar-refractivity contribution in [3.8, 4) is 11.1 Å². The van der Waals surface area contributed by atoms with E-state index in [2.05, 4.69) is 17.4 Å². The van der Waals surface area contributed by atoms with E-state index >= 15 is 0 Å². The van der Waals surface area contributed by atoms with Gasteiger partial charge in [-0.2, -0.15) is 17.5 Å². The van der Waals surface area contributed by atoms with Crippen LogP contribution in [0.5, 0.6) is 0 Å². The Bertz CT molecular complexity index is 1620. The molecule has 0 spiro atoms. The van der Waals surface area contributed by atoms with E-state index in [1.807, 2.05) is 26.0 Å². The number of aliphatic hydroxyl groups is 1. The molecule has 1 atom stereocenters. The van der Waals surface area contributed by atoms with Gasteiger partial charge >= 0.3 is 12.1 Å². The first-order valence-electron chi connectivity index (χ1n) is 14.6. The smallest absolute Gasteiger partial charge is 0.417 e. The summed E-state index contributed by atoms with van der Waals surface area (Å²) in [6, 6.07) is 14.5. The molecule has 0 aromatic heterocycles. The third-order valence-electron chi connectivity index (χ3n) is 8.18. The number of likely N-dealkylation sites (N-methyl/N-ethyl adjacent to an activating group) is 1. The van der Waals surface area contributed by atoms with Gasteiger partial charge in [-0.15, -0.1) is 0 Å². The fourth-order valence-electron chi connectivity index (χ4n) is 5.95. The number of carboxylic acids is 1. The third kappa shape index (κ3) is 8.69. The van der Waals surface area contributed by atoms with Crippen LogP contribution in [0.25, 0.3) is 11.1 Å². The summed E-state index contributed by atoms with van der Waals surface area (Å²) in [7, 11) is -3.57. The molecule has 45 heavy (non-hydrogen) atoms. The van der Waals surface area contributed by atoms with Crippen molar-refractivity contribution in [2.24, 2.45) is 5.92 Å². The highest BCUT2D eigenvalue weighted by Gasteiger charge is 2.39. The van der Waals surface area contributed by atoms with Crippen LogP contribution < -0.4 is 5.32 Å². The highest BCUT2D eigenvalue weighted by molar-refractivity contribution is 7.89. The second kappa shape index (κ2) is 13.6. The van der Waals surface area contributed by atoms with E-state index in [0.717, 1.165) is 38.4 Å². The number of carboxylic acid groups (broad SMARTS) is 1. The summed E-state index contributed by atoms with van der Waals surface area (Å²) in [5.41, 5.74) is 1.04. The minimum Gasteiger partial charge on any atom is -0.481 e. The fraction of sp³-hybridized carbons (Fsp3) is 0.424. The molecule has 0 saturated carbocycles. The molecule has 0 heterocycles. The van der Waals surface area contributed by atoms with Crippen molar-refractivity contribution in [1.29, 1.82) is 0 Å². The Hall–Kier alpha value is -3.32. The van der Waals surface area contributed by atoms with E-state index in [1.165, 1.54) is 29.3 Å². The van der Waals surface area contributed by atoms with Crippen LogP contribution in [0.2, 0.25) is 0 Å². The maximum absolute atomic E-state index is 14.2. The zero-order valence-corrected chi connectivity index (χ0v) is 26.2. The summed E-state index contributed by atoms with van der Waals surface area (Å²) in [6.45, 7) is 3.59. The Morgan fingerprint density at radius 3 is 2.22 bits per heavy atom. The summed E-state index contributed by atoms with van der Waals surface area (Å²) in [4.78, 5) is 9.92. The second-order valence-corrected chi connectivity index (χ2v) is 14.4. The number of aliphatic carboxylic acids is 1. The number of rotatable bonds is 13. The van der Waals surface area contributed by atoms with Crippen LogP contribution in [-0.4, -0.2) is 60.7 Å². The van der Waals surface area contributed by atoms with E-state index in [4.69, 9.17) is 5.11 Å². The number of alkyl halides is 3. The number of aliphatic hydroxyl groups excluding tert-OH is 1. The van der Waals surface area contributed by atoms with Crippen LogP contribution in [0.3, 0.4) is 0 Å². The molecule has 12 heteroatoms. The van der Waals surface area contributed by atoms with Crippen LogP contribution >= 0.6 is 0 Å². The summed E-state index contributed by atoms with van der Waals surface area (Å²) < 4.78 is 84.2. The van der Waals surface area contributed by atoms with E-state index in [0.29, 0.717) is 16.3 Å². The van der Waals surface area contributed by atoms with E-state index < -0.39 is 51.1 Å². The van der Waals surface area contributed by atoms with Crippen molar-refractivity contribution in [3.05, 3.63) is 88.7 Å². The van der Waals surface area contributed by atoms with Gasteiger partial charge in [-0.05, 0) is 97.5 Å². The third-order valence-corrected chi connectivity index (χ3v) is 10.1. The molecule has 3 aromatic rings. The van der Waals surface area contributed by atoms with Gasteiger partial charge < -0.3 is 15.5 Å². The maximum atomic E-state index is 14.2. The molecule has 0 amide bonds.